The fourth-order valence-corrected chi connectivity index (χ4v) is 6.94. The van der Waals surface area contributed by atoms with Gasteiger partial charge in [0.05, 0.1) is 33.5 Å². The number of benzene rings is 4. The Hall–Kier alpha value is -5.04. The molecule has 0 aliphatic carbocycles. The summed E-state index contributed by atoms with van der Waals surface area (Å²) in [6.07, 6.45) is 1.79. The van der Waals surface area contributed by atoms with Crippen molar-refractivity contribution in [2.24, 2.45) is 4.99 Å². The van der Waals surface area contributed by atoms with Crippen LogP contribution in [0.15, 0.2) is 123 Å². The minimum Gasteiger partial charge on any atom is -0.488 e. The summed E-state index contributed by atoms with van der Waals surface area (Å²) in [4.78, 5) is 33.5. The Morgan fingerprint density at radius 3 is 2.51 bits per heavy atom. The number of nitrogens with one attached hydrogen (secondary N) is 1. The summed E-state index contributed by atoms with van der Waals surface area (Å²) in [7, 11) is 0. The molecule has 2 heterocycles. The number of amides is 1. The van der Waals surface area contributed by atoms with E-state index in [1.54, 1.807) is 16.7 Å². The van der Waals surface area contributed by atoms with E-state index in [4.69, 9.17) is 9.73 Å². The van der Waals surface area contributed by atoms with Crippen LogP contribution < -0.4 is 24.9 Å². The van der Waals surface area contributed by atoms with Gasteiger partial charge in [0.1, 0.15) is 12.4 Å². The molecule has 1 N–H and O–H groups in total. The Balaban J connectivity index is 1.45. The molecule has 0 spiro atoms. The van der Waals surface area contributed by atoms with E-state index in [0.29, 0.717) is 49.1 Å². The van der Waals surface area contributed by atoms with E-state index in [9.17, 15) is 14.9 Å². The van der Waals surface area contributed by atoms with Crippen LogP contribution in [0.25, 0.3) is 6.08 Å². The van der Waals surface area contributed by atoms with Gasteiger partial charge in [0.2, 0.25) is 0 Å². The Morgan fingerprint density at radius 1 is 1.06 bits per heavy atom. The zero-order valence-corrected chi connectivity index (χ0v) is 28.4. The summed E-state index contributed by atoms with van der Waals surface area (Å²) in [5, 5.41) is 12.5. The van der Waals surface area contributed by atoms with Crippen molar-refractivity contribution in [2.75, 3.05) is 5.32 Å². The predicted molar refractivity (Wildman–Crippen MR) is 189 cm³/mol. The van der Waals surface area contributed by atoms with Crippen molar-refractivity contribution >= 4 is 44.9 Å². The highest BCUT2D eigenvalue weighted by atomic mass is 79.9. The monoisotopic (exact) mass is 702 g/mol. The molecule has 1 aliphatic rings. The lowest BCUT2D eigenvalue weighted by Crippen LogP contribution is -2.40. The molecule has 1 amide bonds. The molecule has 4 aromatic carbocycles. The number of para-hydroxylation sites is 1. The predicted octanol–water partition coefficient (Wildman–Crippen LogP) is 7.21. The molecule has 1 aliphatic heterocycles. The van der Waals surface area contributed by atoms with Crippen molar-refractivity contribution in [3.8, 4) is 11.8 Å². The number of nitrogens with zero attached hydrogens (tertiary/aromatic N) is 3. The molecule has 1 atom stereocenters. The number of carbonyl (C=O) groups is 1. The fraction of sp³-hybridized carbons (Fsp3) is 0.158. The quantitative estimate of drug-likeness (QED) is 0.185. The van der Waals surface area contributed by atoms with Crippen molar-refractivity contribution in [1.29, 1.82) is 5.26 Å². The van der Waals surface area contributed by atoms with E-state index in [1.807, 2.05) is 97.9 Å². The third-order valence-electron chi connectivity index (χ3n) is 8.00. The zero-order chi connectivity index (χ0) is 33.1. The number of anilines is 1. The average Bonchev–Trinajstić information content (AvgIpc) is 3.37. The van der Waals surface area contributed by atoms with Crippen LogP contribution in [-0.2, 0) is 11.4 Å². The lowest BCUT2D eigenvalue weighted by atomic mass is 9.93. The van der Waals surface area contributed by atoms with Crippen LogP contribution in [0.2, 0.25) is 0 Å². The summed E-state index contributed by atoms with van der Waals surface area (Å²) in [6.45, 7) is 6.26. The summed E-state index contributed by atoms with van der Waals surface area (Å²) in [5.41, 5.74) is 5.34. The maximum absolute atomic E-state index is 14.3. The van der Waals surface area contributed by atoms with Crippen molar-refractivity contribution in [3.05, 3.63) is 160 Å². The normalized spacial score (nSPS) is 14.4. The smallest absolute Gasteiger partial charge is 0.271 e. The van der Waals surface area contributed by atoms with Crippen molar-refractivity contribution in [3.63, 3.8) is 0 Å². The van der Waals surface area contributed by atoms with Crippen molar-refractivity contribution < 1.29 is 9.53 Å². The van der Waals surface area contributed by atoms with Gasteiger partial charge < -0.3 is 10.1 Å². The van der Waals surface area contributed by atoms with Gasteiger partial charge in [-0.15, -0.1) is 0 Å². The number of thiazole rings is 1. The van der Waals surface area contributed by atoms with E-state index >= 15 is 0 Å². The maximum atomic E-state index is 14.3. The van der Waals surface area contributed by atoms with Crippen LogP contribution in [0, 0.1) is 11.3 Å². The number of rotatable bonds is 8. The van der Waals surface area contributed by atoms with Crippen LogP contribution in [-0.4, -0.2) is 10.5 Å². The lowest BCUT2D eigenvalue weighted by Gasteiger charge is -2.25. The topological polar surface area (TPSA) is 96.5 Å². The highest BCUT2D eigenvalue weighted by molar-refractivity contribution is 9.10. The number of aromatic nitrogens is 1. The Kier molecular flexibility index (Phi) is 9.34. The number of allylic oxidation sites excluding steroid dienone is 1. The van der Waals surface area contributed by atoms with Crippen LogP contribution in [0.3, 0.4) is 0 Å². The second kappa shape index (κ2) is 13.8. The number of hydrogen-bond donors (Lipinski definition) is 1. The molecular formula is C38H31BrN4O3S. The second-order valence-electron chi connectivity index (χ2n) is 11.5. The highest BCUT2D eigenvalue weighted by Gasteiger charge is 2.32. The summed E-state index contributed by atoms with van der Waals surface area (Å²) < 4.78 is 9.08. The Bertz CT molecular complexity index is 2230. The van der Waals surface area contributed by atoms with E-state index in [2.05, 4.69) is 41.2 Å². The first-order chi connectivity index (χ1) is 22.7. The Labute approximate surface area is 285 Å². The number of carbonyl (C=O) groups excluding carboxylic acids is 1. The molecule has 6 rings (SSSR count). The second-order valence-corrected chi connectivity index (χ2v) is 13.4. The molecule has 0 unspecified atom stereocenters. The molecule has 0 saturated carbocycles. The summed E-state index contributed by atoms with van der Waals surface area (Å²) >= 11 is 4.82. The zero-order valence-electron chi connectivity index (χ0n) is 26.0. The number of ether oxygens (including phenoxy) is 1. The molecule has 0 fully saturated rings. The van der Waals surface area contributed by atoms with Gasteiger partial charge in [-0.25, -0.2) is 4.99 Å². The van der Waals surface area contributed by atoms with Crippen molar-refractivity contribution in [2.45, 2.75) is 39.3 Å². The number of fused-ring (bicyclic) bond motifs is 1. The molecule has 234 valence electrons. The first-order valence-electron chi connectivity index (χ1n) is 15.1. The largest absolute Gasteiger partial charge is 0.488 e. The van der Waals surface area contributed by atoms with E-state index in [-0.39, 0.29) is 18.1 Å². The van der Waals surface area contributed by atoms with Crippen LogP contribution in [0.4, 0.5) is 5.69 Å². The van der Waals surface area contributed by atoms with E-state index in [1.165, 1.54) is 11.3 Å². The van der Waals surface area contributed by atoms with Crippen LogP contribution in [0.5, 0.6) is 5.75 Å². The molecule has 5 aromatic rings. The minimum atomic E-state index is -0.681. The van der Waals surface area contributed by atoms with Gasteiger partial charge in [-0.3, -0.25) is 14.2 Å². The third kappa shape index (κ3) is 6.75. The molecule has 47 heavy (non-hydrogen) atoms. The molecule has 0 saturated heterocycles. The van der Waals surface area contributed by atoms with E-state index in [0.717, 1.165) is 21.2 Å². The number of halogens is 1. The Morgan fingerprint density at radius 2 is 1.79 bits per heavy atom. The molecule has 9 heteroatoms. The standard InChI is InChI=1S/C38H31BrN4O3S/c1-23(2)25-13-15-26(16-14-25)35-34(36(44)42-31-11-5-4-6-12-31)24(3)41-38-43(35)37(45)33(47-38)20-29-19-30(39)17-18-32(29)46-22-28-10-8-7-9-27(28)21-40/h4-20,23,35H,22H2,1-3H3,(H,42,44)/b33-20-/t35-/m0/s1. The fourth-order valence-electron chi connectivity index (χ4n) is 5.53. The van der Waals surface area contributed by atoms with Gasteiger partial charge >= 0.3 is 0 Å². The van der Waals surface area contributed by atoms with Gasteiger partial charge in [-0.05, 0) is 66.4 Å². The van der Waals surface area contributed by atoms with Gasteiger partial charge in [-0.1, -0.05) is 102 Å². The van der Waals surface area contributed by atoms with Gasteiger partial charge in [-0.2, -0.15) is 5.26 Å². The molecule has 0 bridgehead atoms. The molecular weight excluding hydrogens is 672 g/mol. The number of nitriles is 1. The molecule has 7 nitrogen and oxygen atoms in total. The van der Waals surface area contributed by atoms with Crippen LogP contribution in [0.1, 0.15) is 60.5 Å². The maximum Gasteiger partial charge on any atom is 0.271 e. The average molecular weight is 704 g/mol. The SMILES string of the molecule is CC1=C(C(=O)Nc2ccccc2)[C@H](c2ccc(C(C)C)cc2)n2c(s/c(=C\c3cc(Br)ccc3OCc3ccccc3C#N)c2=O)=N1. The van der Waals surface area contributed by atoms with Gasteiger partial charge in [0.15, 0.2) is 4.80 Å². The van der Waals surface area contributed by atoms with Crippen LogP contribution >= 0.6 is 27.3 Å². The molecule has 0 radical (unpaired) electrons. The minimum absolute atomic E-state index is 0.193. The number of hydrogen-bond acceptors (Lipinski definition) is 6. The lowest BCUT2D eigenvalue weighted by molar-refractivity contribution is -0.113. The molecule has 1 aromatic heterocycles. The van der Waals surface area contributed by atoms with Gasteiger partial charge in [0, 0.05) is 21.3 Å². The summed E-state index contributed by atoms with van der Waals surface area (Å²) in [5.74, 6) is 0.580. The first-order valence-corrected chi connectivity index (χ1v) is 16.7. The van der Waals surface area contributed by atoms with Gasteiger partial charge in [0.25, 0.3) is 11.5 Å². The van der Waals surface area contributed by atoms with Crippen molar-refractivity contribution in [1.82, 2.24) is 4.57 Å². The third-order valence-corrected chi connectivity index (χ3v) is 9.47. The highest BCUT2D eigenvalue weighted by Crippen LogP contribution is 2.32. The van der Waals surface area contributed by atoms with E-state index < -0.39 is 6.04 Å². The first kappa shape index (κ1) is 31.9. The summed E-state index contributed by atoms with van der Waals surface area (Å²) in [6, 6.07) is 31.7.